The van der Waals surface area contributed by atoms with Crippen molar-refractivity contribution in [3.8, 4) is 5.75 Å². The molecular weight excluding hydrogens is 436 g/mol. The van der Waals surface area contributed by atoms with E-state index in [4.69, 9.17) is 9.47 Å². The van der Waals surface area contributed by atoms with Crippen molar-refractivity contribution in [1.29, 1.82) is 0 Å². The van der Waals surface area contributed by atoms with Gasteiger partial charge in [0.25, 0.3) is 5.91 Å². The molecule has 6 nitrogen and oxygen atoms in total. The van der Waals surface area contributed by atoms with Gasteiger partial charge in [0.1, 0.15) is 12.3 Å². The summed E-state index contributed by atoms with van der Waals surface area (Å²) in [4.78, 5) is 30.6. The largest absolute Gasteiger partial charge is 0.494 e. The number of esters is 1. The summed E-state index contributed by atoms with van der Waals surface area (Å²) in [6.07, 6.45) is 0. The fraction of sp³-hybridized carbons (Fsp3) is 0.192. The number of hydrogen-bond donors (Lipinski definition) is 0. The van der Waals surface area contributed by atoms with E-state index in [2.05, 4.69) is 4.99 Å². The highest BCUT2D eigenvalue weighted by molar-refractivity contribution is 7.16. The lowest BCUT2D eigenvalue weighted by Gasteiger charge is -2.14. The number of rotatable bonds is 7. The van der Waals surface area contributed by atoms with Crippen molar-refractivity contribution in [1.82, 2.24) is 4.57 Å². The minimum atomic E-state index is -0.553. The summed E-state index contributed by atoms with van der Waals surface area (Å²) in [6, 6.07) is 24.8. The van der Waals surface area contributed by atoms with Crippen LogP contribution in [-0.2, 0) is 20.9 Å². The molecule has 0 aliphatic carbocycles. The maximum Gasteiger partial charge on any atom is 0.325 e. The van der Waals surface area contributed by atoms with Crippen molar-refractivity contribution in [2.45, 2.75) is 19.4 Å². The molecule has 168 valence electrons. The summed E-state index contributed by atoms with van der Waals surface area (Å²) >= 11 is 1.34. The monoisotopic (exact) mass is 460 g/mol. The average molecular weight is 461 g/mol. The standard InChI is InChI=1S/C26H24N2O4S/c1-3-32-20-14-15-21-22(16-20)33-26(28(21)17-23(29)31-2)27-25(30)24(18-10-6-4-7-11-18)19-12-8-5-9-13-19/h4-16,24H,3,17H2,1-2H3. The van der Waals surface area contributed by atoms with Crippen molar-refractivity contribution in [3.63, 3.8) is 0 Å². The van der Waals surface area contributed by atoms with Gasteiger partial charge in [0.2, 0.25) is 0 Å². The Hall–Kier alpha value is -3.71. The van der Waals surface area contributed by atoms with Crippen LogP contribution in [0.4, 0.5) is 0 Å². The van der Waals surface area contributed by atoms with E-state index in [1.165, 1.54) is 18.4 Å². The maximum atomic E-state index is 13.6. The summed E-state index contributed by atoms with van der Waals surface area (Å²) < 4.78 is 13.1. The molecule has 4 aromatic rings. The Morgan fingerprint density at radius 1 is 0.970 bits per heavy atom. The Balaban J connectivity index is 1.85. The molecule has 0 radical (unpaired) electrons. The number of carbonyl (C=O) groups excluding carboxylic acids is 2. The number of hydrogen-bond acceptors (Lipinski definition) is 5. The highest BCUT2D eigenvalue weighted by Crippen LogP contribution is 2.27. The second-order valence-corrected chi connectivity index (χ2v) is 8.32. The van der Waals surface area contributed by atoms with Gasteiger partial charge in [-0.05, 0) is 36.2 Å². The number of ether oxygens (including phenoxy) is 2. The molecule has 4 rings (SSSR count). The van der Waals surface area contributed by atoms with E-state index in [1.54, 1.807) is 4.57 Å². The number of nitrogens with zero attached hydrogens (tertiary/aromatic N) is 2. The molecule has 0 atom stereocenters. The van der Waals surface area contributed by atoms with Gasteiger partial charge in [-0.25, -0.2) is 0 Å². The minimum absolute atomic E-state index is 0.0437. The van der Waals surface area contributed by atoms with Crippen molar-refractivity contribution in [2.24, 2.45) is 4.99 Å². The molecule has 0 bridgehead atoms. The minimum Gasteiger partial charge on any atom is -0.494 e. The van der Waals surface area contributed by atoms with Crippen LogP contribution in [0.1, 0.15) is 24.0 Å². The predicted molar refractivity (Wildman–Crippen MR) is 128 cm³/mol. The van der Waals surface area contributed by atoms with Crippen LogP contribution < -0.4 is 9.54 Å². The van der Waals surface area contributed by atoms with E-state index in [0.29, 0.717) is 11.4 Å². The molecule has 0 spiro atoms. The molecule has 7 heteroatoms. The quantitative estimate of drug-likeness (QED) is 0.380. The Labute approximate surface area is 195 Å². The first kappa shape index (κ1) is 22.5. The molecule has 0 saturated carbocycles. The zero-order chi connectivity index (χ0) is 23.2. The van der Waals surface area contributed by atoms with Gasteiger partial charge in [-0.1, -0.05) is 72.0 Å². The number of benzene rings is 3. The third kappa shape index (κ3) is 5.04. The summed E-state index contributed by atoms with van der Waals surface area (Å²) in [5.41, 5.74) is 2.50. The number of methoxy groups -OCH3 is 1. The Morgan fingerprint density at radius 3 is 2.18 bits per heavy atom. The molecule has 3 aromatic carbocycles. The third-order valence-electron chi connectivity index (χ3n) is 5.20. The van der Waals surface area contributed by atoms with Gasteiger partial charge in [-0.2, -0.15) is 4.99 Å². The lowest BCUT2D eigenvalue weighted by molar-refractivity contribution is -0.141. The summed E-state index contributed by atoms with van der Waals surface area (Å²) in [5.74, 6) is -0.549. The smallest absolute Gasteiger partial charge is 0.325 e. The Kier molecular flexibility index (Phi) is 7.00. The van der Waals surface area contributed by atoms with Crippen LogP contribution in [0, 0.1) is 0 Å². The molecule has 0 fully saturated rings. The van der Waals surface area contributed by atoms with E-state index in [9.17, 15) is 9.59 Å². The Bertz CT molecular complexity index is 1290. The second-order valence-electron chi connectivity index (χ2n) is 7.31. The van der Waals surface area contributed by atoms with E-state index in [0.717, 1.165) is 27.1 Å². The van der Waals surface area contributed by atoms with Crippen LogP contribution in [0.25, 0.3) is 10.2 Å². The molecule has 0 aliphatic rings. The van der Waals surface area contributed by atoms with Gasteiger partial charge < -0.3 is 14.0 Å². The van der Waals surface area contributed by atoms with Crippen LogP contribution in [-0.4, -0.2) is 30.2 Å². The summed E-state index contributed by atoms with van der Waals surface area (Å²) in [6.45, 7) is 2.42. The molecule has 1 amide bonds. The van der Waals surface area contributed by atoms with E-state index in [1.807, 2.05) is 85.8 Å². The number of fused-ring (bicyclic) bond motifs is 1. The summed E-state index contributed by atoms with van der Waals surface area (Å²) in [5, 5.41) is 0. The van der Waals surface area contributed by atoms with Crippen LogP contribution in [0.3, 0.4) is 0 Å². The number of carbonyl (C=O) groups is 2. The lowest BCUT2D eigenvalue weighted by atomic mass is 9.91. The van der Waals surface area contributed by atoms with Crippen LogP contribution in [0.15, 0.2) is 83.9 Å². The average Bonchev–Trinajstić information content (AvgIpc) is 3.16. The first-order valence-corrected chi connectivity index (χ1v) is 11.4. The van der Waals surface area contributed by atoms with Crippen LogP contribution >= 0.6 is 11.3 Å². The van der Waals surface area contributed by atoms with Crippen LogP contribution in [0.5, 0.6) is 5.75 Å². The van der Waals surface area contributed by atoms with Crippen molar-refractivity contribution < 1.29 is 19.1 Å². The molecule has 1 heterocycles. The van der Waals surface area contributed by atoms with Gasteiger partial charge in [0.15, 0.2) is 4.80 Å². The first-order valence-electron chi connectivity index (χ1n) is 10.6. The van der Waals surface area contributed by atoms with Gasteiger partial charge in [-0.3, -0.25) is 9.59 Å². The zero-order valence-corrected chi connectivity index (χ0v) is 19.2. The van der Waals surface area contributed by atoms with E-state index < -0.39 is 11.9 Å². The molecule has 0 saturated heterocycles. The maximum absolute atomic E-state index is 13.6. The van der Waals surface area contributed by atoms with Crippen molar-refractivity contribution in [3.05, 3.63) is 94.8 Å². The van der Waals surface area contributed by atoms with E-state index in [-0.39, 0.29) is 12.5 Å². The van der Waals surface area contributed by atoms with Gasteiger partial charge in [0, 0.05) is 0 Å². The number of amides is 1. The fourth-order valence-electron chi connectivity index (χ4n) is 3.67. The third-order valence-corrected chi connectivity index (χ3v) is 6.24. The Morgan fingerprint density at radius 2 is 1.61 bits per heavy atom. The molecular formula is C26H24N2O4S. The SMILES string of the molecule is CCOc1ccc2c(c1)sc(=NC(=O)C(c1ccccc1)c1ccccc1)n2CC(=O)OC. The first-order chi connectivity index (χ1) is 16.1. The normalized spacial score (nSPS) is 11.7. The molecule has 0 aliphatic heterocycles. The number of aromatic nitrogens is 1. The highest BCUT2D eigenvalue weighted by Gasteiger charge is 2.23. The molecule has 0 N–H and O–H groups in total. The van der Waals surface area contributed by atoms with Gasteiger partial charge >= 0.3 is 5.97 Å². The highest BCUT2D eigenvalue weighted by atomic mass is 32.1. The fourth-order valence-corrected chi connectivity index (χ4v) is 4.73. The van der Waals surface area contributed by atoms with Gasteiger partial charge in [-0.15, -0.1) is 0 Å². The molecule has 0 unspecified atom stereocenters. The molecule has 1 aromatic heterocycles. The lowest BCUT2D eigenvalue weighted by Crippen LogP contribution is -2.24. The summed E-state index contributed by atoms with van der Waals surface area (Å²) in [7, 11) is 1.34. The topological polar surface area (TPSA) is 69.9 Å². The molecule has 33 heavy (non-hydrogen) atoms. The van der Waals surface area contributed by atoms with Gasteiger partial charge in [0.05, 0.1) is 29.9 Å². The predicted octanol–water partition coefficient (Wildman–Crippen LogP) is 4.53. The van der Waals surface area contributed by atoms with E-state index >= 15 is 0 Å². The second kappa shape index (κ2) is 10.3. The number of thiazole rings is 1. The zero-order valence-electron chi connectivity index (χ0n) is 18.4. The van der Waals surface area contributed by atoms with Crippen LogP contribution in [0.2, 0.25) is 0 Å². The van der Waals surface area contributed by atoms with Crippen molar-refractivity contribution in [2.75, 3.05) is 13.7 Å². The van der Waals surface area contributed by atoms with Crippen molar-refractivity contribution >= 4 is 33.4 Å².